The summed E-state index contributed by atoms with van der Waals surface area (Å²) in [6.07, 6.45) is 0. The highest BCUT2D eigenvalue weighted by molar-refractivity contribution is 5.84. The van der Waals surface area contributed by atoms with E-state index >= 15 is 0 Å². The molecule has 1 aromatic heterocycles. The van der Waals surface area contributed by atoms with Gasteiger partial charge in [-0.15, -0.1) is 0 Å². The summed E-state index contributed by atoms with van der Waals surface area (Å²) in [6.45, 7) is 6.12. The molecule has 0 aliphatic rings. The van der Waals surface area contributed by atoms with E-state index in [2.05, 4.69) is 0 Å². The smallest absolute Gasteiger partial charge is 0.201 e. The van der Waals surface area contributed by atoms with Crippen LogP contribution in [0.25, 0.3) is 11.0 Å². The lowest BCUT2D eigenvalue weighted by Crippen LogP contribution is -2.14. The second kappa shape index (κ2) is 3.81. The van der Waals surface area contributed by atoms with E-state index < -0.39 is 11.6 Å². The molecule has 2 aromatic rings. The summed E-state index contributed by atoms with van der Waals surface area (Å²) in [6, 6.07) is 2.65. The molecule has 0 aliphatic carbocycles. The molecular formula is C13H15F2NO. The van der Waals surface area contributed by atoms with E-state index in [1.807, 2.05) is 20.8 Å². The minimum atomic E-state index is -0.951. The lowest BCUT2D eigenvalue weighted by atomic mass is 9.85. The summed E-state index contributed by atoms with van der Waals surface area (Å²) in [5, 5.41) is 0.594. The third-order valence-corrected chi connectivity index (χ3v) is 2.76. The molecule has 0 saturated carbocycles. The van der Waals surface area contributed by atoms with E-state index in [0.717, 1.165) is 11.6 Å². The molecule has 2 N–H and O–H groups in total. The Morgan fingerprint density at radius 2 is 1.88 bits per heavy atom. The van der Waals surface area contributed by atoms with Gasteiger partial charge in [0.2, 0.25) is 5.82 Å². The van der Waals surface area contributed by atoms with Crippen LogP contribution in [0.2, 0.25) is 0 Å². The molecule has 0 unspecified atom stereocenters. The molecule has 17 heavy (non-hydrogen) atoms. The standard InChI is InChI=1S/C13H15F2NO/c1-13(2,3)10-7-4-5-8(14)11(15)12(7)17-9(10)6-16/h4-5H,6,16H2,1-3H3. The van der Waals surface area contributed by atoms with Gasteiger partial charge in [-0.05, 0) is 17.5 Å². The number of hydrogen-bond acceptors (Lipinski definition) is 2. The fraction of sp³-hybridized carbons (Fsp3) is 0.385. The Bertz CT molecular complexity index is 567. The monoisotopic (exact) mass is 239 g/mol. The maximum absolute atomic E-state index is 13.6. The molecule has 0 atom stereocenters. The molecule has 1 aromatic carbocycles. The van der Waals surface area contributed by atoms with Crippen LogP contribution in [-0.2, 0) is 12.0 Å². The van der Waals surface area contributed by atoms with Crippen molar-refractivity contribution in [3.05, 3.63) is 35.1 Å². The minimum Gasteiger partial charge on any atom is -0.456 e. The van der Waals surface area contributed by atoms with E-state index in [-0.39, 0.29) is 17.5 Å². The number of halogens is 2. The molecule has 4 heteroatoms. The molecule has 2 rings (SSSR count). The number of rotatable bonds is 1. The summed E-state index contributed by atoms with van der Waals surface area (Å²) in [4.78, 5) is 0. The van der Waals surface area contributed by atoms with Gasteiger partial charge in [0, 0.05) is 10.9 Å². The molecule has 0 fully saturated rings. The van der Waals surface area contributed by atoms with Crippen LogP contribution in [0.5, 0.6) is 0 Å². The van der Waals surface area contributed by atoms with Gasteiger partial charge in [-0.2, -0.15) is 4.39 Å². The second-order valence-corrected chi connectivity index (χ2v) is 5.09. The molecule has 0 bridgehead atoms. The Kier molecular flexibility index (Phi) is 2.70. The average molecular weight is 239 g/mol. The average Bonchev–Trinajstić information content (AvgIpc) is 2.62. The Morgan fingerprint density at radius 3 is 2.41 bits per heavy atom. The molecular weight excluding hydrogens is 224 g/mol. The zero-order valence-electron chi connectivity index (χ0n) is 10.1. The van der Waals surface area contributed by atoms with Gasteiger partial charge in [0.25, 0.3) is 0 Å². The minimum absolute atomic E-state index is 0.0459. The number of benzene rings is 1. The Hall–Kier alpha value is -1.42. The first-order valence-corrected chi connectivity index (χ1v) is 5.46. The van der Waals surface area contributed by atoms with Gasteiger partial charge in [0.1, 0.15) is 5.76 Å². The van der Waals surface area contributed by atoms with Crippen LogP contribution in [-0.4, -0.2) is 0 Å². The zero-order valence-corrected chi connectivity index (χ0v) is 10.1. The number of nitrogens with two attached hydrogens (primary N) is 1. The fourth-order valence-electron chi connectivity index (χ4n) is 2.12. The number of furan rings is 1. The van der Waals surface area contributed by atoms with Crippen molar-refractivity contribution >= 4 is 11.0 Å². The molecule has 92 valence electrons. The molecule has 0 radical (unpaired) electrons. The maximum atomic E-state index is 13.6. The van der Waals surface area contributed by atoms with E-state index in [1.54, 1.807) is 0 Å². The van der Waals surface area contributed by atoms with Crippen molar-refractivity contribution in [1.29, 1.82) is 0 Å². The molecule has 0 spiro atoms. The van der Waals surface area contributed by atoms with Crippen LogP contribution in [0.3, 0.4) is 0 Å². The molecule has 1 heterocycles. The first-order chi connectivity index (χ1) is 7.86. The van der Waals surface area contributed by atoms with Crippen molar-refractivity contribution in [3.8, 4) is 0 Å². The predicted octanol–water partition coefficient (Wildman–Crippen LogP) is 3.47. The summed E-state index contributed by atoms with van der Waals surface area (Å²) < 4.78 is 32.1. The Balaban J connectivity index is 2.87. The van der Waals surface area contributed by atoms with Crippen molar-refractivity contribution in [1.82, 2.24) is 0 Å². The molecule has 0 saturated heterocycles. The molecule has 0 aliphatic heterocycles. The quantitative estimate of drug-likeness (QED) is 0.827. The normalized spacial score (nSPS) is 12.4. The van der Waals surface area contributed by atoms with Gasteiger partial charge in [-0.1, -0.05) is 20.8 Å². The number of hydrogen-bond donors (Lipinski definition) is 1. The van der Waals surface area contributed by atoms with Gasteiger partial charge in [-0.25, -0.2) is 4.39 Å². The Labute approximate surface area is 98.4 Å². The van der Waals surface area contributed by atoms with Crippen molar-refractivity contribution < 1.29 is 13.2 Å². The highest BCUT2D eigenvalue weighted by Gasteiger charge is 2.26. The SMILES string of the molecule is CC(C)(C)c1c(CN)oc2c(F)c(F)ccc12. The van der Waals surface area contributed by atoms with E-state index in [4.69, 9.17) is 10.2 Å². The lowest BCUT2D eigenvalue weighted by Gasteiger charge is -2.18. The molecule has 2 nitrogen and oxygen atoms in total. The highest BCUT2D eigenvalue weighted by Crippen LogP contribution is 2.36. The van der Waals surface area contributed by atoms with E-state index in [9.17, 15) is 8.78 Å². The predicted molar refractivity (Wildman–Crippen MR) is 62.7 cm³/mol. The fourth-order valence-corrected chi connectivity index (χ4v) is 2.12. The van der Waals surface area contributed by atoms with Gasteiger partial charge in [0.05, 0.1) is 6.54 Å². The van der Waals surface area contributed by atoms with E-state index in [0.29, 0.717) is 11.1 Å². The van der Waals surface area contributed by atoms with Gasteiger partial charge < -0.3 is 10.2 Å². The topological polar surface area (TPSA) is 39.2 Å². The van der Waals surface area contributed by atoms with Crippen LogP contribution in [0.15, 0.2) is 16.5 Å². The maximum Gasteiger partial charge on any atom is 0.201 e. The summed E-state index contributed by atoms with van der Waals surface area (Å²) >= 11 is 0. The third-order valence-electron chi connectivity index (χ3n) is 2.76. The van der Waals surface area contributed by atoms with Crippen LogP contribution >= 0.6 is 0 Å². The van der Waals surface area contributed by atoms with Crippen LogP contribution in [0.4, 0.5) is 8.78 Å². The number of fused-ring (bicyclic) bond motifs is 1. The Morgan fingerprint density at radius 1 is 1.24 bits per heavy atom. The van der Waals surface area contributed by atoms with Crippen LogP contribution in [0, 0.1) is 11.6 Å². The van der Waals surface area contributed by atoms with Gasteiger partial charge >= 0.3 is 0 Å². The van der Waals surface area contributed by atoms with Crippen LogP contribution < -0.4 is 5.73 Å². The van der Waals surface area contributed by atoms with Gasteiger partial charge in [-0.3, -0.25) is 0 Å². The first-order valence-electron chi connectivity index (χ1n) is 5.46. The van der Waals surface area contributed by atoms with Gasteiger partial charge in [0.15, 0.2) is 11.4 Å². The van der Waals surface area contributed by atoms with Crippen molar-refractivity contribution in [3.63, 3.8) is 0 Å². The largest absolute Gasteiger partial charge is 0.456 e. The lowest BCUT2D eigenvalue weighted by molar-refractivity contribution is 0.471. The van der Waals surface area contributed by atoms with Crippen molar-refractivity contribution in [2.45, 2.75) is 32.7 Å². The van der Waals surface area contributed by atoms with Crippen molar-refractivity contribution in [2.75, 3.05) is 0 Å². The zero-order chi connectivity index (χ0) is 12.8. The van der Waals surface area contributed by atoms with Crippen LogP contribution in [0.1, 0.15) is 32.1 Å². The summed E-state index contributed by atoms with van der Waals surface area (Å²) in [5.41, 5.74) is 6.15. The third kappa shape index (κ3) is 1.82. The summed E-state index contributed by atoms with van der Waals surface area (Å²) in [7, 11) is 0. The van der Waals surface area contributed by atoms with Crippen molar-refractivity contribution in [2.24, 2.45) is 5.73 Å². The van der Waals surface area contributed by atoms with E-state index in [1.165, 1.54) is 6.07 Å². The highest BCUT2D eigenvalue weighted by atomic mass is 19.2. The second-order valence-electron chi connectivity index (χ2n) is 5.09. The summed E-state index contributed by atoms with van der Waals surface area (Å²) in [5.74, 6) is -1.35. The molecule has 0 amide bonds. The first kappa shape index (κ1) is 12.0.